The zero-order valence-electron chi connectivity index (χ0n) is 24.9. The first-order valence-electron chi connectivity index (χ1n) is 15.5. The Kier molecular flexibility index (Phi) is 8.79. The molecule has 3 saturated heterocycles. The lowest BCUT2D eigenvalue weighted by molar-refractivity contribution is -0.145. The largest absolute Gasteiger partial charge is 0.348 e. The zero-order valence-corrected chi connectivity index (χ0v) is 25.7. The van der Waals surface area contributed by atoms with Crippen LogP contribution in [0.4, 0.5) is 0 Å². The van der Waals surface area contributed by atoms with Crippen LogP contribution in [0.3, 0.4) is 0 Å². The van der Waals surface area contributed by atoms with Crippen LogP contribution < -0.4 is 10.6 Å². The maximum Gasteiger partial charge on any atom is 0.246 e. The van der Waals surface area contributed by atoms with Crippen LogP contribution in [-0.4, -0.2) is 102 Å². The second kappa shape index (κ2) is 12.4. The summed E-state index contributed by atoms with van der Waals surface area (Å²) in [6.45, 7) is 9.27. The number of nitrogens with zero attached hydrogens (tertiary/aromatic N) is 4. The molecule has 1 amide bonds. The fourth-order valence-corrected chi connectivity index (χ4v) is 9.45. The van der Waals surface area contributed by atoms with Crippen molar-refractivity contribution >= 4 is 23.5 Å². The van der Waals surface area contributed by atoms with E-state index in [9.17, 15) is 14.9 Å². The van der Waals surface area contributed by atoms with Gasteiger partial charge in [0.05, 0.1) is 42.1 Å². The number of carbonyl (C=O) groups is 2. The van der Waals surface area contributed by atoms with E-state index in [2.05, 4.69) is 65.3 Å². The third-order valence-corrected chi connectivity index (χ3v) is 12.1. The highest BCUT2D eigenvalue weighted by Crippen LogP contribution is 2.52. The van der Waals surface area contributed by atoms with Crippen molar-refractivity contribution in [3.63, 3.8) is 0 Å². The Morgan fingerprint density at radius 1 is 1.24 bits per heavy atom. The van der Waals surface area contributed by atoms with Crippen LogP contribution >= 0.6 is 11.8 Å². The summed E-state index contributed by atoms with van der Waals surface area (Å²) in [6, 6.07) is 8.59. The number of amides is 1. The molecule has 1 aromatic carbocycles. The lowest BCUT2D eigenvalue weighted by Gasteiger charge is -2.55. The number of benzene rings is 1. The van der Waals surface area contributed by atoms with E-state index in [0.29, 0.717) is 38.1 Å². The predicted octanol–water partition coefficient (Wildman–Crippen LogP) is 2.65. The highest BCUT2D eigenvalue weighted by Gasteiger charge is 2.55. The van der Waals surface area contributed by atoms with Crippen LogP contribution in [0.1, 0.15) is 49.7 Å². The first kappa shape index (κ1) is 29.8. The third-order valence-electron chi connectivity index (χ3n) is 10.3. The third kappa shape index (κ3) is 5.56. The lowest BCUT2D eigenvalue weighted by Crippen LogP contribution is -2.75. The average Bonchev–Trinajstić information content (AvgIpc) is 3.42. The number of Topliss-reactive ketones (excluding diaryl/α,β-unsaturated/α-hetero) is 1. The van der Waals surface area contributed by atoms with Crippen molar-refractivity contribution in [2.45, 2.75) is 92.2 Å². The highest BCUT2D eigenvalue weighted by atomic mass is 32.2. The molecule has 1 saturated carbocycles. The zero-order chi connectivity index (χ0) is 29.4. The summed E-state index contributed by atoms with van der Waals surface area (Å²) < 4.78 is 6.05. The van der Waals surface area contributed by atoms with Gasteiger partial charge in [-0.1, -0.05) is 24.8 Å². The Balaban J connectivity index is 1.25. The van der Waals surface area contributed by atoms with Gasteiger partial charge in [-0.25, -0.2) is 0 Å². The van der Waals surface area contributed by atoms with Crippen LogP contribution in [0.2, 0.25) is 0 Å². The number of piperazine rings is 1. The van der Waals surface area contributed by atoms with Gasteiger partial charge < -0.3 is 14.5 Å². The van der Waals surface area contributed by atoms with Gasteiger partial charge in [-0.15, -0.1) is 11.8 Å². The summed E-state index contributed by atoms with van der Waals surface area (Å²) in [6.07, 6.45) is 6.91. The lowest BCUT2D eigenvalue weighted by atomic mass is 9.72. The summed E-state index contributed by atoms with van der Waals surface area (Å²) in [5, 5.41) is 16.9. The van der Waals surface area contributed by atoms with E-state index in [4.69, 9.17) is 4.74 Å². The molecule has 5 aliphatic rings. The van der Waals surface area contributed by atoms with E-state index in [1.165, 1.54) is 28.5 Å². The molecule has 6 rings (SSSR count). The van der Waals surface area contributed by atoms with E-state index in [1.54, 1.807) is 16.7 Å². The molecular weight excluding hydrogens is 548 g/mol. The summed E-state index contributed by atoms with van der Waals surface area (Å²) in [7, 11) is 2.15. The minimum absolute atomic E-state index is 0.0698. The molecule has 1 aliphatic carbocycles. The van der Waals surface area contributed by atoms with Crippen LogP contribution in [-0.2, 0) is 20.7 Å². The number of thioether (sulfide) groups is 1. The van der Waals surface area contributed by atoms with Gasteiger partial charge in [-0.05, 0) is 76.2 Å². The highest BCUT2D eigenvalue weighted by molar-refractivity contribution is 8.01. The van der Waals surface area contributed by atoms with Crippen LogP contribution in [0, 0.1) is 24.2 Å². The van der Waals surface area contributed by atoms with Gasteiger partial charge in [0.1, 0.15) is 0 Å². The number of rotatable bonds is 6. The average molecular weight is 593 g/mol. The number of carbonyl (C=O) groups excluding carboxylic acids is 2. The first-order valence-corrected chi connectivity index (χ1v) is 16.3. The number of nitrogens with one attached hydrogen (secondary N) is 2. The quantitative estimate of drug-likeness (QED) is 0.483. The van der Waals surface area contributed by atoms with Crippen LogP contribution in [0.5, 0.6) is 0 Å². The molecule has 0 bridgehead atoms. The van der Waals surface area contributed by atoms with Crippen molar-refractivity contribution in [3.8, 4) is 6.07 Å². The second-order valence-corrected chi connectivity index (χ2v) is 14.1. The summed E-state index contributed by atoms with van der Waals surface area (Å²) >= 11 is 1.80. The maximum atomic E-state index is 14.6. The van der Waals surface area contributed by atoms with E-state index in [0.717, 1.165) is 38.6 Å². The van der Waals surface area contributed by atoms with E-state index in [1.807, 2.05) is 0 Å². The number of hydrogen-bond acceptors (Lipinski definition) is 9. The number of fused-ring (bicyclic) bond motifs is 2. The normalized spacial score (nSPS) is 35.5. The monoisotopic (exact) mass is 592 g/mol. The van der Waals surface area contributed by atoms with Gasteiger partial charge in [0.2, 0.25) is 5.91 Å². The molecule has 2 N–H and O–H groups in total. The van der Waals surface area contributed by atoms with Gasteiger partial charge in [-0.3, -0.25) is 25.1 Å². The van der Waals surface area contributed by atoms with Crippen molar-refractivity contribution < 1.29 is 14.3 Å². The number of ether oxygens (including phenoxy) is 1. The van der Waals surface area contributed by atoms with E-state index >= 15 is 0 Å². The molecule has 7 atom stereocenters. The molecule has 4 fully saturated rings. The van der Waals surface area contributed by atoms with Gasteiger partial charge >= 0.3 is 0 Å². The SMILES string of the molecule is C=CC(=O)N1CCN(C2NC(OCC3CCCN3C)NC3C(=O)[C@]4(CCc5cccc(C)c5S4)CCC32)CC1CC#N. The number of aryl methyl sites for hydroxylation is 2. The number of likely N-dealkylation sites (tertiary alicyclic amines) is 1. The predicted molar refractivity (Wildman–Crippen MR) is 163 cm³/mol. The number of nitriles is 1. The molecule has 42 heavy (non-hydrogen) atoms. The number of likely N-dealkylation sites (N-methyl/N-ethyl adjacent to an activating group) is 1. The van der Waals surface area contributed by atoms with Crippen molar-refractivity contribution in [2.24, 2.45) is 5.92 Å². The minimum Gasteiger partial charge on any atom is -0.348 e. The second-order valence-electron chi connectivity index (χ2n) is 12.7. The fourth-order valence-electron chi connectivity index (χ4n) is 7.87. The summed E-state index contributed by atoms with van der Waals surface area (Å²) in [4.78, 5) is 34.9. The molecule has 0 radical (unpaired) electrons. The van der Waals surface area contributed by atoms with Crippen molar-refractivity contribution in [1.29, 1.82) is 5.26 Å². The number of ketones is 1. The van der Waals surface area contributed by atoms with Gasteiger partial charge in [0, 0.05) is 36.5 Å². The van der Waals surface area contributed by atoms with Crippen molar-refractivity contribution in [2.75, 3.05) is 39.8 Å². The Labute approximate surface area is 254 Å². The van der Waals surface area contributed by atoms with Gasteiger partial charge in [0.25, 0.3) is 0 Å². The van der Waals surface area contributed by atoms with E-state index in [-0.39, 0.29) is 36.5 Å². The van der Waals surface area contributed by atoms with E-state index < -0.39 is 11.1 Å². The molecule has 10 heteroatoms. The molecule has 0 aromatic heterocycles. The minimum atomic E-state index is -0.450. The van der Waals surface area contributed by atoms with Crippen molar-refractivity contribution in [3.05, 3.63) is 42.0 Å². The fraction of sp³-hybridized carbons (Fsp3) is 0.656. The smallest absolute Gasteiger partial charge is 0.246 e. The topological polar surface area (TPSA) is 101 Å². The van der Waals surface area contributed by atoms with Crippen molar-refractivity contribution in [1.82, 2.24) is 25.3 Å². The summed E-state index contributed by atoms with van der Waals surface area (Å²) in [5.41, 5.74) is 2.61. The molecule has 1 spiro atoms. The Morgan fingerprint density at radius 2 is 2.10 bits per heavy atom. The standard InChI is InChI=1S/C32H44N6O3S/c1-4-26(39)38-18-17-37(19-23(38)12-15-33)30-25-11-14-32(13-10-22-8-5-7-21(2)28(22)42-32)29(40)27(25)34-31(35-30)41-20-24-9-6-16-36(24)3/h4-5,7-8,23-25,27,30-31,34-35H,1,6,9-14,16-20H2,2-3H3/t23?,24?,25?,27?,30?,31?,32-/m0/s1. The Morgan fingerprint density at radius 3 is 2.86 bits per heavy atom. The maximum absolute atomic E-state index is 14.6. The Hall–Kier alpha value is -2.26. The molecule has 4 aliphatic heterocycles. The molecule has 1 aromatic rings. The molecular formula is C32H44N6O3S. The van der Waals surface area contributed by atoms with Gasteiger partial charge in [-0.2, -0.15) is 5.26 Å². The molecule has 6 unspecified atom stereocenters. The molecule has 9 nitrogen and oxygen atoms in total. The summed E-state index contributed by atoms with van der Waals surface area (Å²) in [5.74, 6) is 0.234. The van der Waals surface area contributed by atoms with Gasteiger partial charge in [0.15, 0.2) is 12.1 Å². The molecule has 226 valence electrons. The first-order chi connectivity index (χ1) is 20.3. The number of hydrogen-bond donors (Lipinski definition) is 2. The van der Waals surface area contributed by atoms with Crippen LogP contribution in [0.25, 0.3) is 0 Å². The Bertz CT molecular complexity index is 1250. The van der Waals surface area contributed by atoms with Crippen LogP contribution in [0.15, 0.2) is 35.7 Å². The molecule has 4 heterocycles.